The molecule has 2 atom stereocenters. The number of aliphatic hydroxyl groups is 1. The minimum absolute atomic E-state index is 0.147. The number of hydrogen-bond acceptors (Lipinski definition) is 5. The van der Waals surface area contributed by atoms with E-state index in [0.29, 0.717) is 11.1 Å². The Morgan fingerprint density at radius 1 is 1.10 bits per heavy atom. The Bertz CT molecular complexity index is 665. The van der Waals surface area contributed by atoms with Crippen LogP contribution in [-0.2, 0) is 4.79 Å². The molecular formula is C16H15O5-. The van der Waals surface area contributed by atoms with Crippen molar-refractivity contribution in [2.45, 2.75) is 18.9 Å². The van der Waals surface area contributed by atoms with E-state index in [4.69, 9.17) is 0 Å². The fourth-order valence-corrected chi connectivity index (χ4v) is 2.08. The van der Waals surface area contributed by atoms with Crippen LogP contribution in [0.4, 0.5) is 0 Å². The molecule has 0 saturated heterocycles. The average molecular weight is 287 g/mol. The zero-order chi connectivity index (χ0) is 15.6. The smallest absolute Gasteiger partial charge is 0.163 e. The third kappa shape index (κ3) is 2.98. The van der Waals surface area contributed by atoms with Crippen LogP contribution in [0.5, 0.6) is 11.5 Å². The van der Waals surface area contributed by atoms with E-state index in [1.807, 2.05) is 0 Å². The molecule has 0 radical (unpaired) electrons. The molecule has 0 spiro atoms. The molecule has 0 amide bonds. The number of rotatable bonds is 4. The Morgan fingerprint density at radius 3 is 2.38 bits per heavy atom. The zero-order valence-electron chi connectivity index (χ0n) is 11.4. The van der Waals surface area contributed by atoms with Gasteiger partial charge in [-0.2, -0.15) is 0 Å². The van der Waals surface area contributed by atoms with Gasteiger partial charge in [-0.15, -0.1) is 0 Å². The largest absolute Gasteiger partial charge is 0.550 e. The molecule has 0 aromatic heterocycles. The Hall–Kier alpha value is -2.53. The molecule has 2 unspecified atom stereocenters. The van der Waals surface area contributed by atoms with Gasteiger partial charge in [-0.1, -0.05) is 43.3 Å². The number of phenols is 2. The maximum atomic E-state index is 10.9. The summed E-state index contributed by atoms with van der Waals surface area (Å²) in [4.78, 5) is 10.9. The van der Waals surface area contributed by atoms with Crippen LogP contribution in [0.25, 0.3) is 0 Å². The second-order valence-electron chi connectivity index (χ2n) is 4.83. The van der Waals surface area contributed by atoms with E-state index in [1.54, 1.807) is 18.2 Å². The highest BCUT2D eigenvalue weighted by molar-refractivity contribution is 5.73. The molecule has 0 aliphatic rings. The van der Waals surface area contributed by atoms with Gasteiger partial charge >= 0.3 is 0 Å². The van der Waals surface area contributed by atoms with Gasteiger partial charge in [0.05, 0.1) is 0 Å². The lowest BCUT2D eigenvalue weighted by molar-refractivity contribution is -0.307. The summed E-state index contributed by atoms with van der Waals surface area (Å²) in [6.45, 7) is 1.49. The molecule has 110 valence electrons. The summed E-state index contributed by atoms with van der Waals surface area (Å²) in [6.07, 6.45) is -1.17. The number of carboxylic acids is 1. The summed E-state index contributed by atoms with van der Waals surface area (Å²) in [5.74, 6) is -2.74. The third-order valence-corrected chi connectivity index (χ3v) is 3.42. The number of carbonyl (C=O) groups excluding carboxylic acids is 1. The van der Waals surface area contributed by atoms with Crippen molar-refractivity contribution in [3.63, 3.8) is 0 Å². The predicted octanol–water partition coefficient (Wildman–Crippen LogP) is 1.03. The molecular weight excluding hydrogens is 272 g/mol. The molecule has 0 fully saturated rings. The number of aliphatic hydroxyl groups excluding tert-OH is 1. The van der Waals surface area contributed by atoms with Crippen LogP contribution >= 0.6 is 0 Å². The van der Waals surface area contributed by atoms with Gasteiger partial charge in [0.2, 0.25) is 0 Å². The first-order valence-corrected chi connectivity index (χ1v) is 6.41. The molecule has 2 aromatic rings. The molecule has 0 aliphatic heterocycles. The van der Waals surface area contributed by atoms with E-state index in [1.165, 1.54) is 31.2 Å². The number of phenolic OH excluding ortho intramolecular Hbond substituents is 2. The van der Waals surface area contributed by atoms with E-state index in [9.17, 15) is 25.2 Å². The van der Waals surface area contributed by atoms with Crippen LogP contribution in [0.1, 0.15) is 35.6 Å². The Morgan fingerprint density at radius 2 is 1.71 bits per heavy atom. The van der Waals surface area contributed by atoms with Crippen molar-refractivity contribution in [1.29, 1.82) is 0 Å². The summed E-state index contributed by atoms with van der Waals surface area (Å²) >= 11 is 0. The number of aromatic hydroxyl groups is 2. The summed E-state index contributed by atoms with van der Waals surface area (Å²) < 4.78 is 0. The molecule has 0 saturated carbocycles. The lowest BCUT2D eigenvalue weighted by Crippen LogP contribution is -2.28. The highest BCUT2D eigenvalue weighted by Crippen LogP contribution is 2.35. The fraction of sp³-hybridized carbons (Fsp3) is 0.188. The molecule has 0 aliphatic carbocycles. The Labute approximate surface area is 121 Å². The lowest BCUT2D eigenvalue weighted by atomic mass is 9.94. The van der Waals surface area contributed by atoms with Crippen molar-refractivity contribution < 1.29 is 25.2 Å². The molecule has 3 N–H and O–H groups in total. The number of carbonyl (C=O) groups is 1. The minimum Gasteiger partial charge on any atom is -0.550 e. The van der Waals surface area contributed by atoms with Gasteiger partial charge in [-0.3, -0.25) is 0 Å². The number of benzene rings is 2. The summed E-state index contributed by atoms with van der Waals surface area (Å²) in [5, 5.41) is 40.5. The quantitative estimate of drug-likeness (QED) is 0.729. The van der Waals surface area contributed by atoms with Gasteiger partial charge in [0.25, 0.3) is 0 Å². The fourth-order valence-electron chi connectivity index (χ4n) is 2.08. The standard InChI is InChI=1S/C16H16O5/c1-9(16(20)21)10-4-2-5-11(8-10)14(18)12-6-3-7-13(17)15(12)19/h2-9,14,17-19H,1H3,(H,20,21)/p-1. The van der Waals surface area contributed by atoms with Crippen LogP contribution in [0, 0.1) is 0 Å². The van der Waals surface area contributed by atoms with Crippen molar-refractivity contribution in [2.75, 3.05) is 0 Å². The number of para-hydroxylation sites is 1. The van der Waals surface area contributed by atoms with Crippen LogP contribution in [0.3, 0.4) is 0 Å². The number of aliphatic carboxylic acids is 1. The molecule has 2 aromatic carbocycles. The first kappa shape index (κ1) is 14.9. The van der Waals surface area contributed by atoms with E-state index in [0.717, 1.165) is 0 Å². The maximum absolute atomic E-state index is 10.9. The van der Waals surface area contributed by atoms with Gasteiger partial charge in [0.1, 0.15) is 6.10 Å². The van der Waals surface area contributed by atoms with Crippen LogP contribution in [-0.4, -0.2) is 21.3 Å². The molecule has 5 nitrogen and oxygen atoms in total. The van der Waals surface area contributed by atoms with E-state index < -0.39 is 23.7 Å². The van der Waals surface area contributed by atoms with Gasteiger partial charge in [0, 0.05) is 17.5 Å². The molecule has 0 bridgehead atoms. The Balaban J connectivity index is 2.40. The lowest BCUT2D eigenvalue weighted by Gasteiger charge is -2.17. The average Bonchev–Trinajstić information content (AvgIpc) is 2.48. The first-order valence-electron chi connectivity index (χ1n) is 6.41. The summed E-state index contributed by atoms with van der Waals surface area (Å²) in [6, 6.07) is 10.7. The predicted molar refractivity (Wildman–Crippen MR) is 73.7 cm³/mol. The summed E-state index contributed by atoms with van der Waals surface area (Å²) in [5.41, 5.74) is 1.06. The third-order valence-electron chi connectivity index (χ3n) is 3.42. The molecule has 2 rings (SSSR count). The van der Waals surface area contributed by atoms with Gasteiger partial charge in [0.15, 0.2) is 11.5 Å². The number of carboxylic acid groups (broad SMARTS) is 1. The normalized spacial score (nSPS) is 13.6. The van der Waals surface area contributed by atoms with Gasteiger partial charge in [-0.25, -0.2) is 0 Å². The van der Waals surface area contributed by atoms with Gasteiger partial charge in [-0.05, 0) is 17.2 Å². The van der Waals surface area contributed by atoms with Crippen molar-refractivity contribution in [3.8, 4) is 11.5 Å². The molecule has 0 heterocycles. The first-order chi connectivity index (χ1) is 9.91. The summed E-state index contributed by atoms with van der Waals surface area (Å²) in [7, 11) is 0. The zero-order valence-corrected chi connectivity index (χ0v) is 11.4. The van der Waals surface area contributed by atoms with Crippen molar-refractivity contribution in [1.82, 2.24) is 0 Å². The Kier molecular flexibility index (Phi) is 4.14. The second kappa shape index (κ2) is 5.85. The minimum atomic E-state index is -1.21. The maximum Gasteiger partial charge on any atom is 0.163 e. The second-order valence-corrected chi connectivity index (χ2v) is 4.83. The highest BCUT2D eigenvalue weighted by atomic mass is 16.4. The van der Waals surface area contributed by atoms with E-state index >= 15 is 0 Å². The topological polar surface area (TPSA) is 101 Å². The van der Waals surface area contributed by atoms with Crippen LogP contribution in [0.2, 0.25) is 0 Å². The van der Waals surface area contributed by atoms with E-state index in [2.05, 4.69) is 0 Å². The monoisotopic (exact) mass is 287 g/mol. The van der Waals surface area contributed by atoms with Crippen molar-refractivity contribution >= 4 is 5.97 Å². The van der Waals surface area contributed by atoms with Gasteiger partial charge < -0.3 is 25.2 Å². The number of hydrogen-bond donors (Lipinski definition) is 3. The van der Waals surface area contributed by atoms with Crippen LogP contribution in [0.15, 0.2) is 42.5 Å². The van der Waals surface area contributed by atoms with E-state index in [-0.39, 0.29) is 11.3 Å². The van der Waals surface area contributed by atoms with Crippen molar-refractivity contribution in [3.05, 3.63) is 59.2 Å². The molecule has 5 heteroatoms. The highest BCUT2D eigenvalue weighted by Gasteiger charge is 2.18. The van der Waals surface area contributed by atoms with Crippen LogP contribution < -0.4 is 5.11 Å². The SMILES string of the molecule is CC(C(=O)[O-])c1cccc(C(O)c2cccc(O)c2O)c1. The van der Waals surface area contributed by atoms with Crippen molar-refractivity contribution in [2.24, 2.45) is 0 Å². The molecule has 21 heavy (non-hydrogen) atoms.